The third kappa shape index (κ3) is 1.89. The summed E-state index contributed by atoms with van der Waals surface area (Å²) in [5.41, 5.74) is 0.707. The number of halogens is 1. The number of aliphatic hydroxyl groups excluding tert-OH is 1. The maximum atomic E-state index is 9.87. The van der Waals surface area contributed by atoms with Gasteiger partial charge < -0.3 is 9.84 Å². The molecule has 14 heavy (non-hydrogen) atoms. The zero-order chi connectivity index (χ0) is 9.97. The minimum atomic E-state index is -0.724. The van der Waals surface area contributed by atoms with Gasteiger partial charge in [-0.2, -0.15) is 0 Å². The molecule has 0 fully saturated rings. The highest BCUT2D eigenvalue weighted by atomic mass is 35.5. The van der Waals surface area contributed by atoms with Gasteiger partial charge in [-0.15, -0.1) is 0 Å². The summed E-state index contributed by atoms with van der Waals surface area (Å²) in [5.74, 6) is 0.604. The lowest BCUT2D eigenvalue weighted by molar-refractivity contribution is 0.119. The molecule has 0 saturated heterocycles. The number of nitrogens with zero attached hydrogens (tertiary/aromatic N) is 1. The molecule has 0 spiro atoms. The van der Waals surface area contributed by atoms with Gasteiger partial charge in [0.15, 0.2) is 0 Å². The van der Waals surface area contributed by atoms with Crippen LogP contribution in [0.3, 0.4) is 0 Å². The lowest BCUT2D eigenvalue weighted by Gasteiger charge is -2.12. The third-order valence-corrected chi connectivity index (χ3v) is 2.27. The molecule has 1 aliphatic rings. The van der Waals surface area contributed by atoms with Crippen LogP contribution in [0.2, 0.25) is 5.15 Å². The molecule has 1 unspecified atom stereocenters. The molecule has 3 nitrogen and oxygen atoms in total. The number of hydrogen-bond acceptors (Lipinski definition) is 3. The molecule has 0 aromatic carbocycles. The van der Waals surface area contributed by atoms with E-state index in [1.807, 2.05) is 6.08 Å². The van der Waals surface area contributed by atoms with Crippen LogP contribution in [0.1, 0.15) is 18.1 Å². The fourth-order valence-electron chi connectivity index (χ4n) is 1.38. The fraction of sp³-hybridized carbons (Fsp3) is 0.300. The molecule has 1 aliphatic heterocycles. The van der Waals surface area contributed by atoms with Crippen molar-refractivity contribution in [2.24, 2.45) is 0 Å². The lowest BCUT2D eigenvalue weighted by atomic mass is 10.1. The Bertz CT molecular complexity index is 365. The summed E-state index contributed by atoms with van der Waals surface area (Å²) in [5, 5.41) is 10.2. The number of aromatic nitrogens is 1. The van der Waals surface area contributed by atoms with Gasteiger partial charge >= 0.3 is 0 Å². The predicted molar refractivity (Wildman–Crippen MR) is 52.9 cm³/mol. The van der Waals surface area contributed by atoms with Gasteiger partial charge in [-0.25, -0.2) is 4.98 Å². The van der Waals surface area contributed by atoms with Gasteiger partial charge in [0.25, 0.3) is 0 Å². The van der Waals surface area contributed by atoms with Crippen molar-refractivity contribution >= 4 is 11.6 Å². The number of hydrogen-bond donors (Lipinski definition) is 1. The summed E-state index contributed by atoms with van der Waals surface area (Å²) in [6.07, 6.45) is 3.58. The number of ether oxygens (including phenoxy) is 1. The monoisotopic (exact) mass is 211 g/mol. The van der Waals surface area contributed by atoms with Gasteiger partial charge in [-0.3, -0.25) is 0 Å². The Morgan fingerprint density at radius 3 is 3.07 bits per heavy atom. The first-order valence-electron chi connectivity index (χ1n) is 4.40. The molecular weight excluding hydrogens is 202 g/mol. The van der Waals surface area contributed by atoms with Crippen molar-refractivity contribution in [3.05, 3.63) is 40.9 Å². The van der Waals surface area contributed by atoms with E-state index < -0.39 is 6.10 Å². The maximum absolute atomic E-state index is 9.87. The largest absolute Gasteiger partial charge is 0.495 e. The SMILES string of the molecule is OC(C1=CCCO1)c1ccnc(Cl)c1. The van der Waals surface area contributed by atoms with E-state index in [9.17, 15) is 5.11 Å². The Kier molecular flexibility index (Phi) is 2.70. The van der Waals surface area contributed by atoms with Crippen molar-refractivity contribution in [2.75, 3.05) is 6.61 Å². The molecule has 1 atom stereocenters. The molecule has 0 saturated carbocycles. The van der Waals surface area contributed by atoms with E-state index in [4.69, 9.17) is 16.3 Å². The predicted octanol–water partition coefficient (Wildman–Crippen LogP) is 2.07. The van der Waals surface area contributed by atoms with E-state index in [0.29, 0.717) is 23.1 Å². The summed E-state index contributed by atoms with van der Waals surface area (Å²) in [6.45, 7) is 0.644. The van der Waals surface area contributed by atoms with Crippen LogP contribution in [0.4, 0.5) is 0 Å². The van der Waals surface area contributed by atoms with E-state index >= 15 is 0 Å². The first-order chi connectivity index (χ1) is 6.77. The Balaban J connectivity index is 2.22. The molecule has 4 heteroatoms. The molecule has 2 heterocycles. The first-order valence-corrected chi connectivity index (χ1v) is 4.77. The van der Waals surface area contributed by atoms with Gasteiger partial charge in [0.2, 0.25) is 0 Å². The van der Waals surface area contributed by atoms with Crippen molar-refractivity contribution in [3.8, 4) is 0 Å². The number of rotatable bonds is 2. The average molecular weight is 212 g/mol. The van der Waals surface area contributed by atoms with Gasteiger partial charge in [-0.05, 0) is 23.8 Å². The topological polar surface area (TPSA) is 42.4 Å². The molecule has 1 aromatic rings. The molecule has 2 rings (SSSR count). The van der Waals surface area contributed by atoms with Crippen LogP contribution in [-0.2, 0) is 4.74 Å². The molecule has 1 N–H and O–H groups in total. The highest BCUT2D eigenvalue weighted by molar-refractivity contribution is 6.29. The van der Waals surface area contributed by atoms with E-state index in [1.54, 1.807) is 18.3 Å². The smallest absolute Gasteiger partial charge is 0.136 e. The van der Waals surface area contributed by atoms with Crippen LogP contribution in [0.15, 0.2) is 30.2 Å². The zero-order valence-electron chi connectivity index (χ0n) is 7.48. The molecular formula is C10H10ClNO2. The number of aliphatic hydroxyl groups is 1. The van der Waals surface area contributed by atoms with Gasteiger partial charge in [0, 0.05) is 12.6 Å². The molecule has 0 radical (unpaired) electrons. The van der Waals surface area contributed by atoms with Crippen LogP contribution < -0.4 is 0 Å². The first kappa shape index (κ1) is 9.49. The highest BCUT2D eigenvalue weighted by Gasteiger charge is 2.17. The van der Waals surface area contributed by atoms with Crippen molar-refractivity contribution in [2.45, 2.75) is 12.5 Å². The van der Waals surface area contributed by atoms with E-state index in [2.05, 4.69) is 4.98 Å². The third-order valence-electron chi connectivity index (χ3n) is 2.07. The van der Waals surface area contributed by atoms with Crippen LogP contribution in [0.25, 0.3) is 0 Å². The second-order valence-corrected chi connectivity index (χ2v) is 3.45. The average Bonchev–Trinajstić information content (AvgIpc) is 2.69. The summed E-state index contributed by atoms with van der Waals surface area (Å²) < 4.78 is 5.26. The molecule has 0 aliphatic carbocycles. The van der Waals surface area contributed by atoms with Crippen molar-refractivity contribution in [3.63, 3.8) is 0 Å². The van der Waals surface area contributed by atoms with E-state index in [1.165, 1.54) is 0 Å². The molecule has 0 bridgehead atoms. The van der Waals surface area contributed by atoms with Gasteiger partial charge in [-0.1, -0.05) is 11.6 Å². The summed E-state index contributed by atoms with van der Waals surface area (Å²) in [7, 11) is 0. The summed E-state index contributed by atoms with van der Waals surface area (Å²) in [4.78, 5) is 3.84. The van der Waals surface area contributed by atoms with Crippen LogP contribution >= 0.6 is 11.6 Å². The van der Waals surface area contributed by atoms with Crippen LogP contribution in [0.5, 0.6) is 0 Å². The Hall–Kier alpha value is -1.06. The Morgan fingerprint density at radius 2 is 2.43 bits per heavy atom. The molecule has 74 valence electrons. The normalized spacial score (nSPS) is 17.4. The van der Waals surface area contributed by atoms with Crippen molar-refractivity contribution < 1.29 is 9.84 Å². The van der Waals surface area contributed by atoms with Gasteiger partial charge in [0.1, 0.15) is 17.0 Å². The standard InChI is InChI=1S/C10H10ClNO2/c11-9-6-7(3-4-12-9)10(13)8-2-1-5-14-8/h2-4,6,10,13H,1,5H2. The highest BCUT2D eigenvalue weighted by Crippen LogP contribution is 2.26. The lowest BCUT2D eigenvalue weighted by Crippen LogP contribution is -2.02. The maximum Gasteiger partial charge on any atom is 0.136 e. The summed E-state index contributed by atoms with van der Waals surface area (Å²) in [6, 6.07) is 3.35. The summed E-state index contributed by atoms with van der Waals surface area (Å²) >= 11 is 5.71. The second-order valence-electron chi connectivity index (χ2n) is 3.06. The Labute approximate surface area is 87.0 Å². The van der Waals surface area contributed by atoms with E-state index in [-0.39, 0.29) is 0 Å². The van der Waals surface area contributed by atoms with E-state index in [0.717, 1.165) is 6.42 Å². The zero-order valence-corrected chi connectivity index (χ0v) is 8.24. The second kappa shape index (κ2) is 3.98. The Morgan fingerprint density at radius 1 is 1.57 bits per heavy atom. The quantitative estimate of drug-likeness (QED) is 0.762. The molecule has 1 aromatic heterocycles. The van der Waals surface area contributed by atoms with Crippen LogP contribution in [-0.4, -0.2) is 16.7 Å². The minimum Gasteiger partial charge on any atom is -0.495 e. The minimum absolute atomic E-state index is 0.375. The van der Waals surface area contributed by atoms with Crippen molar-refractivity contribution in [1.82, 2.24) is 4.98 Å². The van der Waals surface area contributed by atoms with Crippen molar-refractivity contribution in [1.29, 1.82) is 0 Å². The number of pyridine rings is 1. The molecule has 0 amide bonds. The van der Waals surface area contributed by atoms with Gasteiger partial charge in [0.05, 0.1) is 6.61 Å². The van der Waals surface area contributed by atoms with Crippen LogP contribution in [0, 0.1) is 0 Å². The fourth-order valence-corrected chi connectivity index (χ4v) is 1.56.